The van der Waals surface area contributed by atoms with Crippen molar-refractivity contribution < 1.29 is 18.7 Å². The van der Waals surface area contributed by atoms with Crippen LogP contribution in [0.1, 0.15) is 23.0 Å². The van der Waals surface area contributed by atoms with E-state index in [0.29, 0.717) is 16.5 Å². The summed E-state index contributed by atoms with van der Waals surface area (Å²) in [7, 11) is 0. The SMILES string of the molecule is CC1=CSC2=NC(=O)/C(=C/c3cccc(OC(=O)c4ccco4)c3)C(=N)N12. The second-order valence-corrected chi connectivity index (χ2v) is 6.59. The zero-order chi connectivity index (χ0) is 19.0. The molecule has 27 heavy (non-hydrogen) atoms. The molecule has 1 aromatic carbocycles. The zero-order valence-electron chi connectivity index (χ0n) is 14.1. The fraction of sp³-hybridized carbons (Fsp3) is 0.0526. The largest absolute Gasteiger partial charge is 0.457 e. The molecule has 7 nitrogen and oxygen atoms in total. The lowest BCUT2D eigenvalue weighted by Crippen LogP contribution is -2.37. The molecule has 2 aliphatic heterocycles. The van der Waals surface area contributed by atoms with Gasteiger partial charge in [-0.05, 0) is 48.2 Å². The van der Waals surface area contributed by atoms with Crippen LogP contribution in [0.2, 0.25) is 0 Å². The highest BCUT2D eigenvalue weighted by Crippen LogP contribution is 2.32. The van der Waals surface area contributed by atoms with Crippen LogP contribution in [0.15, 0.2) is 68.7 Å². The van der Waals surface area contributed by atoms with E-state index >= 15 is 0 Å². The maximum Gasteiger partial charge on any atom is 0.379 e. The molecule has 0 saturated carbocycles. The molecule has 0 saturated heterocycles. The molecule has 1 N–H and O–H groups in total. The van der Waals surface area contributed by atoms with Gasteiger partial charge < -0.3 is 9.15 Å². The monoisotopic (exact) mass is 379 g/mol. The van der Waals surface area contributed by atoms with Crippen LogP contribution in [-0.2, 0) is 4.79 Å². The number of furan rings is 1. The Morgan fingerprint density at radius 3 is 2.96 bits per heavy atom. The van der Waals surface area contributed by atoms with Crippen molar-refractivity contribution in [2.75, 3.05) is 0 Å². The Labute approximate surface area is 158 Å². The molecule has 1 aromatic heterocycles. The van der Waals surface area contributed by atoms with Crippen molar-refractivity contribution >= 4 is 40.7 Å². The van der Waals surface area contributed by atoms with Gasteiger partial charge in [0.15, 0.2) is 5.17 Å². The van der Waals surface area contributed by atoms with E-state index in [0.717, 1.165) is 5.70 Å². The van der Waals surface area contributed by atoms with Gasteiger partial charge in [-0.2, -0.15) is 4.99 Å². The smallest absolute Gasteiger partial charge is 0.379 e. The third-order valence-electron chi connectivity index (χ3n) is 3.89. The first-order valence-electron chi connectivity index (χ1n) is 7.96. The number of rotatable bonds is 3. The highest BCUT2D eigenvalue weighted by molar-refractivity contribution is 8.16. The van der Waals surface area contributed by atoms with Crippen molar-refractivity contribution in [3.63, 3.8) is 0 Å². The lowest BCUT2D eigenvalue weighted by Gasteiger charge is -2.25. The summed E-state index contributed by atoms with van der Waals surface area (Å²) >= 11 is 1.32. The van der Waals surface area contributed by atoms with E-state index < -0.39 is 11.9 Å². The van der Waals surface area contributed by atoms with E-state index in [1.54, 1.807) is 41.3 Å². The number of benzene rings is 1. The number of ether oxygens (including phenoxy) is 1. The summed E-state index contributed by atoms with van der Waals surface area (Å²) in [6.45, 7) is 1.85. The fourth-order valence-corrected chi connectivity index (χ4v) is 3.49. The molecule has 0 aliphatic carbocycles. The number of thioether (sulfide) groups is 1. The molecule has 0 atom stereocenters. The van der Waals surface area contributed by atoms with Gasteiger partial charge in [-0.1, -0.05) is 23.9 Å². The molecule has 2 aromatic rings. The number of carbonyl (C=O) groups is 2. The van der Waals surface area contributed by atoms with Gasteiger partial charge in [0.25, 0.3) is 5.91 Å². The van der Waals surface area contributed by atoms with Crippen LogP contribution in [0.4, 0.5) is 0 Å². The van der Waals surface area contributed by atoms with E-state index in [1.807, 2.05) is 12.3 Å². The lowest BCUT2D eigenvalue weighted by molar-refractivity contribution is -0.114. The number of amides is 1. The van der Waals surface area contributed by atoms with Crippen molar-refractivity contribution in [2.24, 2.45) is 4.99 Å². The quantitative estimate of drug-likeness (QED) is 0.497. The Morgan fingerprint density at radius 1 is 1.33 bits per heavy atom. The predicted octanol–water partition coefficient (Wildman–Crippen LogP) is 3.67. The lowest BCUT2D eigenvalue weighted by atomic mass is 10.1. The maximum atomic E-state index is 12.3. The van der Waals surface area contributed by atoms with Crippen molar-refractivity contribution in [3.8, 4) is 5.75 Å². The summed E-state index contributed by atoms with van der Waals surface area (Å²) < 4.78 is 10.3. The number of allylic oxidation sites excluding steroid dienone is 1. The van der Waals surface area contributed by atoms with Crippen LogP contribution in [0.3, 0.4) is 0 Å². The Bertz CT molecular complexity index is 1050. The molecule has 134 valence electrons. The summed E-state index contributed by atoms with van der Waals surface area (Å²) in [5.74, 6) is -0.617. The van der Waals surface area contributed by atoms with Gasteiger partial charge in [-0.15, -0.1) is 0 Å². The Kier molecular flexibility index (Phi) is 4.25. The molecule has 4 rings (SSSR count). The molecular formula is C19H13N3O4S. The third-order valence-corrected chi connectivity index (χ3v) is 4.83. The number of hydrogen-bond donors (Lipinski definition) is 1. The van der Waals surface area contributed by atoms with E-state index in [4.69, 9.17) is 14.6 Å². The van der Waals surface area contributed by atoms with Gasteiger partial charge in [0, 0.05) is 5.70 Å². The molecule has 0 radical (unpaired) electrons. The number of hydrogen-bond acceptors (Lipinski definition) is 6. The van der Waals surface area contributed by atoms with Crippen molar-refractivity contribution in [1.82, 2.24) is 4.90 Å². The normalized spacial score (nSPS) is 17.7. The summed E-state index contributed by atoms with van der Waals surface area (Å²) in [6.07, 6.45) is 2.95. The number of nitrogens with zero attached hydrogens (tertiary/aromatic N) is 2. The molecule has 0 fully saturated rings. The second-order valence-electron chi connectivity index (χ2n) is 5.76. The van der Waals surface area contributed by atoms with Gasteiger partial charge in [0.1, 0.15) is 11.6 Å². The van der Waals surface area contributed by atoms with Gasteiger partial charge in [-0.3, -0.25) is 15.1 Å². The highest BCUT2D eigenvalue weighted by atomic mass is 32.2. The van der Waals surface area contributed by atoms with Crippen LogP contribution >= 0.6 is 11.8 Å². The summed E-state index contributed by atoms with van der Waals surface area (Å²) in [4.78, 5) is 30.0. The van der Waals surface area contributed by atoms with Crippen molar-refractivity contribution in [1.29, 1.82) is 5.41 Å². The molecule has 2 aliphatic rings. The van der Waals surface area contributed by atoms with Gasteiger partial charge in [0.05, 0.1) is 11.8 Å². The first kappa shape index (κ1) is 17.0. The molecule has 3 heterocycles. The van der Waals surface area contributed by atoms with E-state index in [2.05, 4.69) is 4.99 Å². The maximum absolute atomic E-state index is 12.3. The van der Waals surface area contributed by atoms with Gasteiger partial charge in [0.2, 0.25) is 5.76 Å². The summed E-state index contributed by atoms with van der Waals surface area (Å²) in [5, 5.41) is 10.7. The highest BCUT2D eigenvalue weighted by Gasteiger charge is 2.33. The number of carbonyl (C=O) groups excluding carboxylic acids is 2. The second kappa shape index (κ2) is 6.73. The molecule has 0 spiro atoms. The Hall–Kier alpha value is -3.39. The Morgan fingerprint density at radius 2 is 2.19 bits per heavy atom. The third kappa shape index (κ3) is 3.22. The first-order valence-corrected chi connectivity index (χ1v) is 8.84. The average Bonchev–Trinajstić information content (AvgIpc) is 3.29. The zero-order valence-corrected chi connectivity index (χ0v) is 14.9. The van der Waals surface area contributed by atoms with Crippen molar-refractivity contribution in [2.45, 2.75) is 6.92 Å². The van der Waals surface area contributed by atoms with Crippen molar-refractivity contribution in [3.05, 3.63) is 70.7 Å². The number of esters is 1. The average molecular weight is 379 g/mol. The van der Waals surface area contributed by atoms with E-state index in [9.17, 15) is 9.59 Å². The van der Waals surface area contributed by atoms with Crippen LogP contribution in [0.5, 0.6) is 5.75 Å². The Balaban J connectivity index is 1.61. The fourth-order valence-electron chi connectivity index (χ4n) is 2.63. The number of amidine groups is 2. The predicted molar refractivity (Wildman–Crippen MR) is 101 cm³/mol. The molecule has 8 heteroatoms. The molecular weight excluding hydrogens is 366 g/mol. The van der Waals surface area contributed by atoms with Crippen LogP contribution in [0, 0.1) is 5.41 Å². The summed E-state index contributed by atoms with van der Waals surface area (Å²) in [6, 6.07) is 9.78. The van der Waals surface area contributed by atoms with Crippen LogP contribution in [0.25, 0.3) is 6.08 Å². The van der Waals surface area contributed by atoms with Gasteiger partial charge in [-0.25, -0.2) is 4.79 Å². The molecule has 0 unspecified atom stereocenters. The summed E-state index contributed by atoms with van der Waals surface area (Å²) in [5.41, 5.74) is 1.62. The minimum atomic E-state index is -0.615. The number of aliphatic imine (C=N–C) groups is 1. The minimum Gasteiger partial charge on any atom is -0.457 e. The van der Waals surface area contributed by atoms with Crippen LogP contribution < -0.4 is 4.74 Å². The van der Waals surface area contributed by atoms with Gasteiger partial charge >= 0.3 is 5.97 Å². The van der Waals surface area contributed by atoms with E-state index in [1.165, 1.54) is 24.1 Å². The standard InChI is InChI=1S/C19H13N3O4S/c1-11-10-27-19-21-17(23)14(16(20)22(11)19)9-12-4-2-5-13(8-12)26-18(24)15-6-3-7-25-15/h2-10,20H,1H3/b14-9+,20-16?. The number of fused-ring (bicyclic) bond motifs is 1. The molecule has 0 bridgehead atoms. The minimum absolute atomic E-state index is 0.0710. The number of nitrogens with one attached hydrogen (secondary N) is 1. The van der Waals surface area contributed by atoms with E-state index in [-0.39, 0.29) is 17.2 Å². The molecule has 1 amide bonds. The first-order chi connectivity index (χ1) is 13.0. The topological polar surface area (TPSA) is 96.0 Å². The van der Waals surface area contributed by atoms with Crippen LogP contribution in [-0.4, -0.2) is 27.8 Å².